The van der Waals surface area contributed by atoms with Crippen molar-refractivity contribution in [2.45, 2.75) is 31.7 Å². The lowest BCUT2D eigenvalue weighted by molar-refractivity contribution is 0.279. The molecule has 1 unspecified atom stereocenters. The van der Waals surface area contributed by atoms with E-state index in [1.807, 2.05) is 0 Å². The molecule has 1 aliphatic rings. The largest absolute Gasteiger partial charge is 0.396 e. The van der Waals surface area contributed by atoms with Gasteiger partial charge in [-0.1, -0.05) is 0 Å². The van der Waals surface area contributed by atoms with Crippen LogP contribution in [0, 0.1) is 0 Å². The second-order valence-corrected chi connectivity index (χ2v) is 5.11. The SMILES string of the molecule is OCCCC1CCCN1c1nc(Cl)nc2nc[nH]c12. The van der Waals surface area contributed by atoms with Crippen molar-refractivity contribution in [2.24, 2.45) is 0 Å². The van der Waals surface area contributed by atoms with E-state index in [2.05, 4.69) is 24.8 Å². The zero-order valence-electron chi connectivity index (χ0n) is 10.5. The summed E-state index contributed by atoms with van der Waals surface area (Å²) in [4.78, 5) is 17.9. The standard InChI is InChI=1S/C12H16ClN5O/c13-12-16-10-9(14-7-15-10)11(17-12)18-5-1-3-8(18)4-2-6-19/h7-8,19H,1-6H2,(H,14,15,16,17). The monoisotopic (exact) mass is 281 g/mol. The molecule has 1 saturated heterocycles. The Morgan fingerprint density at radius 3 is 3.21 bits per heavy atom. The molecule has 2 N–H and O–H groups in total. The third kappa shape index (κ3) is 2.37. The number of aliphatic hydroxyl groups excluding tert-OH is 1. The Bertz CT molecular complexity index is 572. The summed E-state index contributed by atoms with van der Waals surface area (Å²) in [6, 6.07) is 0.407. The molecule has 0 aliphatic carbocycles. The minimum atomic E-state index is 0.224. The number of nitrogens with one attached hydrogen (secondary N) is 1. The highest BCUT2D eigenvalue weighted by Gasteiger charge is 2.27. The van der Waals surface area contributed by atoms with Crippen LogP contribution in [0.1, 0.15) is 25.7 Å². The van der Waals surface area contributed by atoms with Crippen molar-refractivity contribution in [1.82, 2.24) is 19.9 Å². The number of hydrogen-bond donors (Lipinski definition) is 2. The first kappa shape index (κ1) is 12.6. The Hall–Kier alpha value is -1.40. The topological polar surface area (TPSA) is 77.9 Å². The highest BCUT2D eigenvalue weighted by atomic mass is 35.5. The van der Waals surface area contributed by atoms with E-state index in [-0.39, 0.29) is 11.9 Å². The van der Waals surface area contributed by atoms with Gasteiger partial charge in [-0.15, -0.1) is 0 Å². The average molecular weight is 282 g/mol. The molecule has 2 aromatic rings. The second kappa shape index (κ2) is 5.30. The molecule has 0 aromatic carbocycles. The van der Waals surface area contributed by atoms with E-state index in [1.54, 1.807) is 6.33 Å². The normalized spacial score (nSPS) is 19.5. The molecule has 1 aliphatic heterocycles. The molecule has 3 rings (SSSR count). The predicted octanol–water partition coefficient (Wildman–Crippen LogP) is 1.75. The number of aliphatic hydroxyl groups is 1. The molecule has 0 bridgehead atoms. The Kier molecular flexibility index (Phi) is 3.52. The van der Waals surface area contributed by atoms with Crippen LogP contribution < -0.4 is 4.90 Å². The molecule has 19 heavy (non-hydrogen) atoms. The van der Waals surface area contributed by atoms with Gasteiger partial charge in [0.1, 0.15) is 5.52 Å². The van der Waals surface area contributed by atoms with Crippen LogP contribution in [0.5, 0.6) is 0 Å². The number of imidazole rings is 1. The summed E-state index contributed by atoms with van der Waals surface area (Å²) in [5, 5.41) is 9.21. The molecule has 1 atom stereocenters. The number of hydrogen-bond acceptors (Lipinski definition) is 5. The number of H-pyrrole nitrogens is 1. The highest BCUT2D eigenvalue weighted by molar-refractivity contribution is 6.28. The summed E-state index contributed by atoms with van der Waals surface area (Å²) >= 11 is 5.97. The summed E-state index contributed by atoms with van der Waals surface area (Å²) in [7, 11) is 0. The number of anilines is 1. The van der Waals surface area contributed by atoms with Crippen molar-refractivity contribution in [3.05, 3.63) is 11.6 Å². The number of rotatable bonds is 4. The zero-order chi connectivity index (χ0) is 13.2. The molecule has 0 spiro atoms. The van der Waals surface area contributed by atoms with Crippen LogP contribution in [0.2, 0.25) is 5.28 Å². The van der Waals surface area contributed by atoms with Crippen LogP contribution in [0.4, 0.5) is 5.82 Å². The van der Waals surface area contributed by atoms with Gasteiger partial charge in [0.2, 0.25) is 5.28 Å². The van der Waals surface area contributed by atoms with E-state index in [9.17, 15) is 0 Å². The number of halogens is 1. The van der Waals surface area contributed by atoms with Gasteiger partial charge in [0.05, 0.1) is 6.33 Å². The van der Waals surface area contributed by atoms with Gasteiger partial charge in [0.15, 0.2) is 11.5 Å². The lowest BCUT2D eigenvalue weighted by atomic mass is 10.1. The van der Waals surface area contributed by atoms with Gasteiger partial charge < -0.3 is 15.0 Å². The first-order valence-corrected chi connectivity index (χ1v) is 6.91. The number of aromatic nitrogens is 4. The van der Waals surface area contributed by atoms with Crippen LogP contribution in [-0.4, -0.2) is 44.2 Å². The van der Waals surface area contributed by atoms with Crippen LogP contribution in [0.25, 0.3) is 11.2 Å². The third-order valence-electron chi connectivity index (χ3n) is 3.58. The van der Waals surface area contributed by atoms with E-state index in [4.69, 9.17) is 16.7 Å². The van der Waals surface area contributed by atoms with Gasteiger partial charge in [-0.25, -0.2) is 4.98 Å². The molecule has 3 heterocycles. The molecule has 7 heteroatoms. The fourth-order valence-electron chi connectivity index (χ4n) is 2.74. The van der Waals surface area contributed by atoms with Crippen LogP contribution in [0.3, 0.4) is 0 Å². The maximum absolute atomic E-state index is 8.98. The first-order chi connectivity index (χ1) is 9.29. The smallest absolute Gasteiger partial charge is 0.226 e. The minimum Gasteiger partial charge on any atom is -0.396 e. The van der Waals surface area contributed by atoms with Crippen LogP contribution >= 0.6 is 11.6 Å². The fraction of sp³-hybridized carbons (Fsp3) is 0.583. The maximum Gasteiger partial charge on any atom is 0.226 e. The molecule has 102 valence electrons. The van der Waals surface area contributed by atoms with Crippen molar-refractivity contribution in [1.29, 1.82) is 0 Å². The summed E-state index contributed by atoms with van der Waals surface area (Å²) < 4.78 is 0. The van der Waals surface area contributed by atoms with Gasteiger partial charge in [0, 0.05) is 19.2 Å². The van der Waals surface area contributed by atoms with E-state index in [0.717, 1.165) is 43.6 Å². The lowest BCUT2D eigenvalue weighted by Gasteiger charge is -2.25. The predicted molar refractivity (Wildman–Crippen MR) is 73.4 cm³/mol. The van der Waals surface area contributed by atoms with Gasteiger partial charge in [0.25, 0.3) is 0 Å². The van der Waals surface area contributed by atoms with Crippen molar-refractivity contribution >= 4 is 28.6 Å². The van der Waals surface area contributed by atoms with Crippen molar-refractivity contribution in [2.75, 3.05) is 18.1 Å². The van der Waals surface area contributed by atoms with Crippen molar-refractivity contribution in [3.63, 3.8) is 0 Å². The van der Waals surface area contributed by atoms with Crippen LogP contribution in [-0.2, 0) is 0 Å². The molecular formula is C12H16ClN5O. The molecule has 6 nitrogen and oxygen atoms in total. The molecule has 0 radical (unpaired) electrons. The van der Waals surface area contributed by atoms with Gasteiger partial charge >= 0.3 is 0 Å². The molecule has 2 aromatic heterocycles. The van der Waals surface area contributed by atoms with E-state index >= 15 is 0 Å². The Labute approximate surface area is 115 Å². The fourth-order valence-corrected chi connectivity index (χ4v) is 2.90. The summed E-state index contributed by atoms with van der Waals surface area (Å²) in [5.41, 5.74) is 1.43. The zero-order valence-corrected chi connectivity index (χ0v) is 11.3. The number of nitrogens with zero attached hydrogens (tertiary/aromatic N) is 4. The van der Waals surface area contributed by atoms with Crippen molar-refractivity contribution < 1.29 is 5.11 Å². The van der Waals surface area contributed by atoms with Crippen LogP contribution in [0.15, 0.2) is 6.33 Å². The van der Waals surface area contributed by atoms with Gasteiger partial charge in [-0.3, -0.25) is 0 Å². The lowest BCUT2D eigenvalue weighted by Crippen LogP contribution is -2.30. The second-order valence-electron chi connectivity index (χ2n) is 4.77. The Balaban J connectivity index is 1.96. The summed E-state index contributed by atoms with van der Waals surface area (Å²) in [6.45, 7) is 1.19. The molecule has 0 amide bonds. The first-order valence-electron chi connectivity index (χ1n) is 6.53. The Morgan fingerprint density at radius 2 is 2.37 bits per heavy atom. The van der Waals surface area contributed by atoms with E-state index in [0.29, 0.717) is 11.7 Å². The average Bonchev–Trinajstić information content (AvgIpc) is 3.03. The third-order valence-corrected chi connectivity index (χ3v) is 3.75. The summed E-state index contributed by atoms with van der Waals surface area (Å²) in [5.74, 6) is 0.827. The number of aromatic amines is 1. The molecule has 1 fully saturated rings. The number of fused-ring (bicyclic) bond motifs is 1. The quantitative estimate of drug-likeness (QED) is 0.835. The maximum atomic E-state index is 8.98. The highest BCUT2D eigenvalue weighted by Crippen LogP contribution is 2.31. The van der Waals surface area contributed by atoms with Gasteiger partial charge in [-0.2, -0.15) is 9.97 Å². The Morgan fingerprint density at radius 1 is 1.47 bits per heavy atom. The summed E-state index contributed by atoms with van der Waals surface area (Å²) in [6.07, 6.45) is 5.64. The van der Waals surface area contributed by atoms with Gasteiger partial charge in [-0.05, 0) is 37.3 Å². The molecule has 0 saturated carbocycles. The van der Waals surface area contributed by atoms with Crippen molar-refractivity contribution in [3.8, 4) is 0 Å². The molecular weight excluding hydrogens is 266 g/mol. The van der Waals surface area contributed by atoms with E-state index in [1.165, 1.54) is 0 Å². The van der Waals surface area contributed by atoms with E-state index < -0.39 is 0 Å². The minimum absolute atomic E-state index is 0.224.